The molecule has 1 saturated heterocycles. The summed E-state index contributed by atoms with van der Waals surface area (Å²) in [5.41, 5.74) is 1.43. The van der Waals surface area contributed by atoms with Crippen molar-refractivity contribution in [2.45, 2.75) is 12.5 Å². The average molecular weight is 259 g/mol. The molecule has 1 aliphatic rings. The largest absolute Gasteiger partial charge is 0.207 e. The number of benzene rings is 1. The minimum absolute atomic E-state index is 0.526. The van der Waals surface area contributed by atoms with Gasteiger partial charge in [0, 0.05) is 19.5 Å². The Bertz CT molecular complexity index is 509. The molecule has 1 aliphatic heterocycles. The van der Waals surface area contributed by atoms with E-state index in [4.69, 9.17) is 0 Å². The van der Waals surface area contributed by atoms with E-state index in [1.807, 2.05) is 11.3 Å². The van der Waals surface area contributed by atoms with E-state index in [-0.39, 0.29) is 0 Å². The monoisotopic (exact) mass is 259 g/mol. The van der Waals surface area contributed by atoms with Crippen molar-refractivity contribution in [1.29, 1.82) is 0 Å². The molecule has 1 aromatic heterocycles. The van der Waals surface area contributed by atoms with Crippen LogP contribution in [0.1, 0.15) is 18.0 Å². The lowest BCUT2D eigenvalue weighted by Gasteiger charge is -2.35. The molecule has 3 heteroatoms. The predicted molar refractivity (Wildman–Crippen MR) is 78.5 cm³/mol. The highest BCUT2D eigenvalue weighted by Crippen LogP contribution is 2.40. The fourth-order valence-corrected chi connectivity index (χ4v) is 3.79. The lowest BCUT2D eigenvalue weighted by atomic mass is 10.1. The lowest BCUT2D eigenvalue weighted by molar-refractivity contribution is 0.0613. The Morgan fingerprint density at radius 2 is 1.94 bits per heavy atom. The van der Waals surface area contributed by atoms with E-state index < -0.39 is 0 Å². The summed E-state index contributed by atoms with van der Waals surface area (Å²) in [6.07, 6.45) is 1.22. The van der Waals surface area contributed by atoms with Crippen LogP contribution in [0.5, 0.6) is 0 Å². The van der Waals surface area contributed by atoms with Gasteiger partial charge in [-0.15, -0.1) is 5.01 Å². The lowest BCUT2D eigenvalue weighted by Crippen LogP contribution is -2.52. The zero-order valence-electron chi connectivity index (χ0n) is 10.9. The minimum atomic E-state index is 0.526. The first-order valence-corrected chi connectivity index (χ1v) is 7.27. The van der Waals surface area contributed by atoms with Crippen LogP contribution in [0.2, 0.25) is 0 Å². The van der Waals surface area contributed by atoms with Crippen molar-refractivity contribution in [3.63, 3.8) is 0 Å². The molecule has 18 heavy (non-hydrogen) atoms. The second-order valence-electron chi connectivity index (χ2n) is 5.10. The van der Waals surface area contributed by atoms with Crippen molar-refractivity contribution in [2.75, 3.05) is 20.6 Å². The van der Waals surface area contributed by atoms with Crippen LogP contribution in [0.4, 0.5) is 5.00 Å². The van der Waals surface area contributed by atoms with Crippen molar-refractivity contribution in [3.8, 4) is 0 Å². The molecular weight excluding hydrogens is 240 g/mol. The van der Waals surface area contributed by atoms with E-state index in [1.54, 1.807) is 0 Å². The van der Waals surface area contributed by atoms with Crippen molar-refractivity contribution in [2.24, 2.45) is 0 Å². The number of rotatable bonds is 2. The zero-order chi connectivity index (χ0) is 12.6. The quantitative estimate of drug-likeness (QED) is 0.744. The molecule has 1 aromatic carbocycles. The van der Waals surface area contributed by atoms with Crippen LogP contribution in [0.25, 0.3) is 0 Å². The molecule has 1 fully saturated rings. The van der Waals surface area contributed by atoms with Crippen molar-refractivity contribution < 1.29 is 0 Å². The maximum Gasteiger partial charge on any atom is 0.207 e. The van der Waals surface area contributed by atoms with E-state index in [0.29, 0.717) is 6.04 Å². The summed E-state index contributed by atoms with van der Waals surface area (Å²) in [7, 11) is 4.55. The second kappa shape index (κ2) is 4.50. The molecule has 0 aliphatic carbocycles. The normalized spacial score (nSPS) is 28.7. The third-order valence-corrected chi connectivity index (χ3v) is 5.21. The van der Waals surface area contributed by atoms with Crippen molar-refractivity contribution in [3.05, 3.63) is 53.4 Å². The molecule has 0 spiro atoms. The summed E-state index contributed by atoms with van der Waals surface area (Å²) in [4.78, 5) is 0. The van der Waals surface area contributed by atoms with Crippen LogP contribution in [-0.4, -0.2) is 25.6 Å². The first-order chi connectivity index (χ1) is 8.72. The molecule has 2 atom stereocenters. The number of quaternary nitrogens is 1. The first kappa shape index (κ1) is 11.9. The molecule has 0 saturated carbocycles. The molecule has 0 N–H and O–H groups in total. The summed E-state index contributed by atoms with van der Waals surface area (Å²) in [6, 6.07) is 15.8. The second-order valence-corrected chi connectivity index (χ2v) is 6.03. The van der Waals surface area contributed by atoms with Gasteiger partial charge < -0.3 is 0 Å². The van der Waals surface area contributed by atoms with Crippen LogP contribution in [0, 0.1) is 0 Å². The molecule has 2 unspecified atom stereocenters. The fourth-order valence-electron chi connectivity index (χ4n) is 2.89. The van der Waals surface area contributed by atoms with E-state index in [1.165, 1.54) is 23.5 Å². The Balaban J connectivity index is 1.91. The van der Waals surface area contributed by atoms with Crippen LogP contribution in [0.3, 0.4) is 0 Å². The SMILES string of the molecule is CN1C(c2ccccc2)CC[N+]1(C)c1cccs1. The highest BCUT2D eigenvalue weighted by molar-refractivity contribution is 7.13. The van der Waals surface area contributed by atoms with Crippen molar-refractivity contribution in [1.82, 2.24) is 9.60 Å². The summed E-state index contributed by atoms with van der Waals surface area (Å²) >= 11 is 1.85. The van der Waals surface area contributed by atoms with Gasteiger partial charge in [0.1, 0.15) is 6.54 Å². The van der Waals surface area contributed by atoms with Gasteiger partial charge in [-0.3, -0.25) is 0 Å². The maximum absolute atomic E-state index is 2.49. The average Bonchev–Trinajstić information content (AvgIpc) is 3.02. The van der Waals surface area contributed by atoms with Gasteiger partial charge in [-0.2, -0.15) is 0 Å². The third kappa shape index (κ3) is 1.79. The zero-order valence-corrected chi connectivity index (χ0v) is 11.7. The smallest absolute Gasteiger partial charge is 0.205 e. The van der Waals surface area contributed by atoms with Gasteiger partial charge in [0.15, 0.2) is 0 Å². The van der Waals surface area contributed by atoms with Gasteiger partial charge in [-0.1, -0.05) is 41.7 Å². The van der Waals surface area contributed by atoms with Gasteiger partial charge >= 0.3 is 0 Å². The molecule has 94 valence electrons. The highest BCUT2D eigenvalue weighted by atomic mass is 32.1. The van der Waals surface area contributed by atoms with Gasteiger partial charge in [0.05, 0.1) is 13.1 Å². The van der Waals surface area contributed by atoms with Crippen LogP contribution >= 0.6 is 11.3 Å². The molecule has 2 nitrogen and oxygen atoms in total. The Kier molecular flexibility index (Phi) is 2.98. The number of nitrogens with zero attached hydrogens (tertiary/aromatic N) is 2. The van der Waals surface area contributed by atoms with Crippen molar-refractivity contribution >= 4 is 16.3 Å². The molecule has 3 rings (SSSR count). The molecule has 0 radical (unpaired) electrons. The van der Waals surface area contributed by atoms with Gasteiger partial charge in [-0.25, -0.2) is 4.59 Å². The van der Waals surface area contributed by atoms with Gasteiger partial charge in [0.2, 0.25) is 5.00 Å². The third-order valence-electron chi connectivity index (χ3n) is 4.15. The molecule has 2 aromatic rings. The summed E-state index contributed by atoms with van der Waals surface area (Å²) in [5.74, 6) is 0. The molecule has 0 bridgehead atoms. The Hall–Kier alpha value is -1.16. The number of hydrogen-bond acceptors (Lipinski definition) is 2. The topological polar surface area (TPSA) is 3.24 Å². The van der Waals surface area contributed by atoms with E-state index in [2.05, 4.69) is 66.9 Å². The summed E-state index contributed by atoms with van der Waals surface area (Å²) in [5, 5.41) is 6.08. The van der Waals surface area contributed by atoms with E-state index >= 15 is 0 Å². The summed E-state index contributed by atoms with van der Waals surface area (Å²) in [6.45, 7) is 1.18. The Morgan fingerprint density at radius 1 is 1.17 bits per heavy atom. The molecular formula is C15H19N2S+. The van der Waals surface area contributed by atoms with Gasteiger partial charge in [-0.05, 0) is 17.0 Å². The van der Waals surface area contributed by atoms with Crippen LogP contribution in [0.15, 0.2) is 47.8 Å². The molecule has 0 amide bonds. The Morgan fingerprint density at radius 3 is 2.61 bits per heavy atom. The fraction of sp³-hybridized carbons (Fsp3) is 0.333. The van der Waals surface area contributed by atoms with E-state index in [9.17, 15) is 0 Å². The standard InChI is InChI=1S/C15H19N2S/c1-16-14(13-7-4-3-5-8-13)10-11-17(16,2)15-9-6-12-18-15/h3-9,12,14H,10-11H2,1-2H3/q+1. The van der Waals surface area contributed by atoms with E-state index in [0.717, 1.165) is 4.59 Å². The van der Waals surface area contributed by atoms with Crippen LogP contribution < -0.4 is 4.59 Å². The Labute approximate surface area is 113 Å². The van der Waals surface area contributed by atoms with Gasteiger partial charge in [0.25, 0.3) is 0 Å². The highest BCUT2D eigenvalue weighted by Gasteiger charge is 2.43. The number of thiophene rings is 1. The summed E-state index contributed by atoms with van der Waals surface area (Å²) < 4.78 is 0.928. The molecule has 2 heterocycles. The first-order valence-electron chi connectivity index (χ1n) is 6.40. The predicted octanol–water partition coefficient (Wildman–Crippen LogP) is 3.68. The maximum atomic E-state index is 2.49. The minimum Gasteiger partial charge on any atom is -0.205 e. The van der Waals surface area contributed by atoms with Crippen LogP contribution in [-0.2, 0) is 0 Å². The number of hydrogen-bond donors (Lipinski definition) is 0.